The van der Waals surface area contributed by atoms with Crippen LogP contribution in [0.5, 0.6) is 0 Å². The van der Waals surface area contributed by atoms with Crippen LogP contribution >= 0.6 is 0 Å². The molecule has 1 heterocycles. The standard InChI is InChI=1S/C70H117N11O13/c1-25-27-32-45(13)59(82)58-63(86)73-51(26-2)66(89)75(18)48(16)65(88)80(23)57(49(17)94-36-31-35-50-33-29-28-30-34-50)62(85)74-55(43(9)10)69(92)76(19)52(37-40(3)4)61(84)71-46(14)60(83)72-47(15)64(87)77(20)53(38-41(5)6)67(90)78(21)54(39-42(7)8)68(91)79(22)56(44(11)12)70(93)81(58)24/h25,27-31,33-35,40-49,51-59,82H,26,32,36-39H2,1-24H3,(H,71,84)(H,72,83)(H,73,86)(H,74,85)/b27-25+,35-31+/t45-,46+,47+,48-,49-,51+,52-,53+,54-,55+,56+,57+,58+,59-/m1/s1. The van der Waals surface area contributed by atoms with E-state index in [9.17, 15) is 33.9 Å². The average molecular weight is 1320 g/mol. The molecule has 1 aliphatic rings. The van der Waals surface area contributed by atoms with Crippen molar-refractivity contribution >= 4 is 71.1 Å². The maximum absolute atomic E-state index is 15.3. The number of amides is 11. The molecule has 1 aliphatic heterocycles. The van der Waals surface area contributed by atoms with Gasteiger partial charge in [-0.1, -0.05) is 138 Å². The van der Waals surface area contributed by atoms with Crippen LogP contribution in [0.25, 0.3) is 6.08 Å². The SMILES string of the molecule is C/C=C/C[C@@H](C)[C@@H](O)[C@H]1C(=O)N[C@@H](CC)C(=O)N(C)[C@H](C)C(=O)N(C)[C@@H]([C@@H](C)OC/C=C/c2ccccc2)C(=O)N[C@@H](C(C)C)C(=O)N(C)[C@H](CC(C)C)C(=O)N[C@@H](C)C(=O)N[C@@H](C)C(=O)N(C)[C@@H](CC(C)C)C(=O)N(C)[C@H](CC(C)C)C(=O)N(C)[C@@H](C(C)C)C(=O)N1C. The van der Waals surface area contributed by atoms with E-state index in [1.165, 1.54) is 89.7 Å². The number of carbonyl (C=O) groups is 11. The van der Waals surface area contributed by atoms with Gasteiger partial charge in [0.2, 0.25) is 65.0 Å². The van der Waals surface area contributed by atoms with Crippen LogP contribution in [0.3, 0.4) is 0 Å². The van der Waals surface area contributed by atoms with E-state index in [-0.39, 0.29) is 50.0 Å². The van der Waals surface area contributed by atoms with Crippen molar-refractivity contribution in [2.24, 2.45) is 35.5 Å². The number of benzene rings is 1. The number of ether oxygens (including phenoxy) is 1. The van der Waals surface area contributed by atoms with Crippen LogP contribution in [-0.4, -0.2) is 239 Å². The van der Waals surface area contributed by atoms with E-state index < -0.39 is 161 Å². The Morgan fingerprint density at radius 1 is 0.479 bits per heavy atom. The third-order valence-corrected chi connectivity index (χ3v) is 17.8. The lowest BCUT2D eigenvalue weighted by atomic mass is 9.91. The van der Waals surface area contributed by atoms with E-state index in [0.29, 0.717) is 6.42 Å². The molecule has 1 saturated heterocycles. The van der Waals surface area contributed by atoms with Crippen LogP contribution in [0.15, 0.2) is 48.6 Å². The lowest BCUT2D eigenvalue weighted by molar-refractivity contribution is -0.157. The molecule has 24 heteroatoms. The summed E-state index contributed by atoms with van der Waals surface area (Å²) in [7, 11) is 9.83. The molecule has 11 amide bonds. The van der Waals surface area contributed by atoms with E-state index in [4.69, 9.17) is 4.74 Å². The maximum atomic E-state index is 15.3. The van der Waals surface area contributed by atoms with Gasteiger partial charge < -0.3 is 65.4 Å². The second-order valence-corrected chi connectivity index (χ2v) is 27.6. The van der Waals surface area contributed by atoms with E-state index in [2.05, 4.69) is 21.3 Å². The van der Waals surface area contributed by atoms with Gasteiger partial charge in [0.05, 0.1) is 18.8 Å². The van der Waals surface area contributed by atoms with Crippen LogP contribution in [0, 0.1) is 35.5 Å². The number of aliphatic hydroxyl groups excluding tert-OH is 1. The Bertz CT molecular complexity index is 2770. The molecular formula is C70H117N11O13. The Hall–Kier alpha value is -7.21. The molecule has 2 rings (SSSR count). The number of nitrogens with one attached hydrogen (secondary N) is 4. The first kappa shape index (κ1) is 82.9. The molecule has 24 nitrogen and oxygen atoms in total. The zero-order valence-electron chi connectivity index (χ0n) is 60.9. The van der Waals surface area contributed by atoms with Gasteiger partial charge in [-0.15, -0.1) is 0 Å². The van der Waals surface area contributed by atoms with Crippen molar-refractivity contribution in [3.63, 3.8) is 0 Å². The molecule has 0 aromatic heterocycles. The summed E-state index contributed by atoms with van der Waals surface area (Å²) in [6.45, 7) is 29.1. The maximum Gasteiger partial charge on any atom is 0.246 e. The number of nitrogens with zero attached hydrogens (tertiary/aromatic N) is 7. The van der Waals surface area contributed by atoms with Crippen molar-refractivity contribution in [3.05, 3.63) is 54.1 Å². The largest absolute Gasteiger partial charge is 0.390 e. The molecule has 0 aliphatic carbocycles. The highest BCUT2D eigenvalue weighted by Gasteiger charge is 2.46. The predicted molar refractivity (Wildman–Crippen MR) is 364 cm³/mol. The average Bonchev–Trinajstić information content (AvgIpc) is 0.969. The van der Waals surface area contributed by atoms with Crippen molar-refractivity contribution < 1.29 is 62.6 Å². The van der Waals surface area contributed by atoms with Gasteiger partial charge in [-0.05, 0) is 108 Å². The van der Waals surface area contributed by atoms with Crippen molar-refractivity contribution in [2.75, 3.05) is 55.9 Å². The van der Waals surface area contributed by atoms with E-state index >= 15 is 24.0 Å². The van der Waals surface area contributed by atoms with Gasteiger partial charge >= 0.3 is 0 Å². The number of aliphatic hydroxyl groups is 1. The van der Waals surface area contributed by atoms with Crippen LogP contribution in [0.2, 0.25) is 0 Å². The van der Waals surface area contributed by atoms with Gasteiger partial charge in [-0.25, -0.2) is 0 Å². The molecule has 0 spiro atoms. The summed E-state index contributed by atoms with van der Waals surface area (Å²) in [5, 5.41) is 23.2. The zero-order chi connectivity index (χ0) is 72.1. The summed E-state index contributed by atoms with van der Waals surface area (Å²) in [6.07, 6.45) is 5.24. The quantitative estimate of drug-likeness (QED) is 0.125. The first-order valence-corrected chi connectivity index (χ1v) is 33.4. The molecule has 0 radical (unpaired) electrons. The summed E-state index contributed by atoms with van der Waals surface area (Å²) in [4.78, 5) is 171. The number of allylic oxidation sites excluding steroid dienone is 2. The number of hydrogen-bond donors (Lipinski definition) is 5. The molecule has 14 atom stereocenters. The highest BCUT2D eigenvalue weighted by atomic mass is 16.5. The predicted octanol–water partition coefficient (Wildman–Crippen LogP) is 4.73. The molecule has 1 aromatic carbocycles. The lowest BCUT2D eigenvalue weighted by Crippen LogP contribution is -2.64. The Balaban J connectivity index is 3.05. The Morgan fingerprint density at radius 3 is 1.45 bits per heavy atom. The van der Waals surface area contributed by atoms with Gasteiger partial charge in [-0.3, -0.25) is 52.7 Å². The third kappa shape index (κ3) is 22.7. The number of hydrogen-bond acceptors (Lipinski definition) is 13. The minimum Gasteiger partial charge on any atom is -0.390 e. The third-order valence-electron chi connectivity index (χ3n) is 17.8. The Kier molecular flexibility index (Phi) is 33.8. The van der Waals surface area contributed by atoms with E-state index in [1.54, 1.807) is 73.6 Å². The molecule has 530 valence electrons. The van der Waals surface area contributed by atoms with Gasteiger partial charge in [0, 0.05) is 49.3 Å². The van der Waals surface area contributed by atoms with Crippen molar-refractivity contribution in [2.45, 2.75) is 228 Å². The summed E-state index contributed by atoms with van der Waals surface area (Å²) in [5.41, 5.74) is 0.883. The number of rotatable bonds is 18. The Morgan fingerprint density at radius 2 is 0.947 bits per heavy atom. The fraction of sp³-hybridized carbons (Fsp3) is 0.700. The second-order valence-electron chi connectivity index (χ2n) is 27.6. The van der Waals surface area contributed by atoms with E-state index in [1.807, 2.05) is 78.0 Å². The number of carbonyl (C=O) groups excluding carboxylic acids is 11. The molecule has 5 N–H and O–H groups in total. The fourth-order valence-corrected chi connectivity index (χ4v) is 11.7. The summed E-state index contributed by atoms with van der Waals surface area (Å²) < 4.78 is 6.24. The topological polar surface area (TPSA) is 288 Å². The minimum atomic E-state index is -1.65. The van der Waals surface area contributed by atoms with Gasteiger partial charge in [-0.2, -0.15) is 0 Å². The summed E-state index contributed by atoms with van der Waals surface area (Å²) in [5.74, 6) is -10.2. The first-order chi connectivity index (χ1) is 43.7. The fourth-order valence-electron chi connectivity index (χ4n) is 11.7. The number of likely N-dealkylation sites (N-methyl/N-ethyl adjacent to an activating group) is 7. The zero-order valence-corrected chi connectivity index (χ0v) is 60.9. The van der Waals surface area contributed by atoms with E-state index in [0.717, 1.165) is 20.3 Å². The monoisotopic (exact) mass is 1320 g/mol. The summed E-state index contributed by atoms with van der Waals surface area (Å²) >= 11 is 0. The summed E-state index contributed by atoms with van der Waals surface area (Å²) in [6, 6.07) is -4.89. The highest BCUT2D eigenvalue weighted by Crippen LogP contribution is 2.26. The van der Waals surface area contributed by atoms with Crippen molar-refractivity contribution in [1.82, 2.24) is 55.6 Å². The molecule has 1 fully saturated rings. The minimum absolute atomic E-state index is 0.00861. The molecule has 0 unspecified atom stereocenters. The molecule has 1 aromatic rings. The molecular weight excluding hydrogens is 1200 g/mol. The van der Waals surface area contributed by atoms with Gasteiger partial charge in [0.15, 0.2) is 0 Å². The molecule has 0 bridgehead atoms. The second kappa shape index (κ2) is 38.4. The Labute approximate surface area is 561 Å². The van der Waals surface area contributed by atoms with Crippen molar-refractivity contribution in [3.8, 4) is 0 Å². The van der Waals surface area contributed by atoms with Crippen LogP contribution in [0.4, 0.5) is 0 Å². The molecule has 0 saturated carbocycles. The van der Waals surface area contributed by atoms with Crippen LogP contribution in [0.1, 0.15) is 155 Å². The van der Waals surface area contributed by atoms with Crippen LogP contribution < -0.4 is 21.3 Å². The first-order valence-electron chi connectivity index (χ1n) is 33.4. The van der Waals surface area contributed by atoms with Gasteiger partial charge in [0.1, 0.15) is 66.5 Å². The lowest BCUT2D eigenvalue weighted by Gasteiger charge is -2.41. The normalized spacial score (nSPS) is 26.6. The molecule has 94 heavy (non-hydrogen) atoms. The van der Waals surface area contributed by atoms with Crippen LogP contribution in [-0.2, 0) is 57.5 Å². The highest BCUT2D eigenvalue weighted by molar-refractivity contribution is 6.00. The van der Waals surface area contributed by atoms with Crippen molar-refractivity contribution in [1.29, 1.82) is 0 Å². The van der Waals surface area contributed by atoms with Gasteiger partial charge in [0.25, 0.3) is 0 Å². The smallest absolute Gasteiger partial charge is 0.246 e.